The molecule has 26 heavy (non-hydrogen) atoms. The van der Waals surface area contributed by atoms with Gasteiger partial charge in [-0.25, -0.2) is 9.59 Å². The van der Waals surface area contributed by atoms with Crippen molar-refractivity contribution in [2.24, 2.45) is 0 Å². The summed E-state index contributed by atoms with van der Waals surface area (Å²) in [6, 6.07) is 8.01. The molecule has 0 spiro atoms. The zero-order valence-electron chi connectivity index (χ0n) is 13.6. The number of ether oxygens (including phenoxy) is 2. The molecule has 0 radical (unpaired) electrons. The molecule has 1 aromatic carbocycles. The minimum Gasteiger partial charge on any atom is -0.464 e. The molecule has 10 nitrogen and oxygen atoms in total. The van der Waals surface area contributed by atoms with Crippen LogP contribution in [0.3, 0.4) is 0 Å². The van der Waals surface area contributed by atoms with E-state index in [1.165, 1.54) is 25.1 Å². The molecule has 0 saturated carbocycles. The molecule has 132 valence electrons. The molecule has 3 rings (SSSR count). The molecule has 2 heterocycles. The van der Waals surface area contributed by atoms with Gasteiger partial charge in [0.15, 0.2) is 11.4 Å². The van der Waals surface area contributed by atoms with Gasteiger partial charge < -0.3 is 9.47 Å². The van der Waals surface area contributed by atoms with Crippen molar-refractivity contribution in [1.82, 2.24) is 30.4 Å². The van der Waals surface area contributed by atoms with Crippen LogP contribution < -0.4 is 0 Å². The van der Waals surface area contributed by atoms with Gasteiger partial charge in [0.25, 0.3) is 0 Å². The van der Waals surface area contributed by atoms with E-state index in [0.717, 1.165) is 0 Å². The number of nitrogens with zero attached hydrogens (tertiary/aromatic N) is 6. The Morgan fingerprint density at radius 3 is 2.35 bits per heavy atom. The fraction of sp³-hybridized carbons (Fsp3) is 0.133. The molecule has 0 amide bonds. The first kappa shape index (κ1) is 17.4. The van der Waals surface area contributed by atoms with Crippen LogP contribution in [0.4, 0.5) is 0 Å². The molecule has 3 aromatic rings. The number of methoxy groups -OCH3 is 2. The molecule has 0 aliphatic carbocycles. The van der Waals surface area contributed by atoms with E-state index in [1.807, 2.05) is 0 Å². The van der Waals surface area contributed by atoms with Crippen LogP contribution in [0.5, 0.6) is 0 Å². The number of carbonyl (C=O) groups is 2. The third-order valence-corrected chi connectivity index (χ3v) is 3.53. The lowest BCUT2D eigenvalue weighted by Gasteiger charge is -2.04. The van der Waals surface area contributed by atoms with Crippen LogP contribution in [0, 0.1) is 0 Å². The van der Waals surface area contributed by atoms with Crippen LogP contribution in [-0.4, -0.2) is 56.6 Å². The maximum absolute atomic E-state index is 11.9. The number of benzene rings is 1. The van der Waals surface area contributed by atoms with Gasteiger partial charge in [-0.2, -0.15) is 0 Å². The molecule has 0 atom stereocenters. The Morgan fingerprint density at radius 1 is 1.00 bits per heavy atom. The van der Waals surface area contributed by atoms with Crippen molar-refractivity contribution in [2.45, 2.75) is 0 Å². The van der Waals surface area contributed by atoms with Gasteiger partial charge in [-0.05, 0) is 35.5 Å². The monoisotopic (exact) mass is 374 g/mol. The largest absolute Gasteiger partial charge is 0.464 e. The molecular weight excluding hydrogens is 364 g/mol. The second-order valence-electron chi connectivity index (χ2n) is 4.85. The zero-order valence-corrected chi connectivity index (χ0v) is 14.3. The first-order valence-corrected chi connectivity index (χ1v) is 7.52. The van der Waals surface area contributed by atoms with Gasteiger partial charge >= 0.3 is 11.9 Å². The number of tetrazole rings is 1. The Kier molecular flexibility index (Phi) is 4.85. The molecule has 0 unspecified atom stereocenters. The maximum atomic E-state index is 11.9. The minimum atomic E-state index is -0.758. The Balaban J connectivity index is 2.08. The smallest absolute Gasteiger partial charge is 0.359 e. The van der Waals surface area contributed by atoms with Crippen LogP contribution in [0.25, 0.3) is 17.1 Å². The highest BCUT2D eigenvalue weighted by Crippen LogP contribution is 2.20. The second kappa shape index (κ2) is 7.23. The first-order valence-electron chi connectivity index (χ1n) is 7.14. The van der Waals surface area contributed by atoms with E-state index < -0.39 is 11.9 Å². The lowest BCUT2D eigenvalue weighted by atomic mass is 10.1. The number of esters is 2. The van der Waals surface area contributed by atoms with Crippen molar-refractivity contribution in [1.29, 1.82) is 0 Å². The van der Waals surface area contributed by atoms with Crippen molar-refractivity contribution in [2.75, 3.05) is 14.2 Å². The van der Waals surface area contributed by atoms with Gasteiger partial charge in [0.1, 0.15) is 0 Å². The topological polar surface area (TPSA) is 122 Å². The predicted octanol–water partition coefficient (Wildman–Crippen LogP) is 1.35. The summed E-state index contributed by atoms with van der Waals surface area (Å²) >= 11 is 5.86. The van der Waals surface area contributed by atoms with Gasteiger partial charge in [-0.3, -0.25) is 0 Å². The van der Waals surface area contributed by atoms with Crippen molar-refractivity contribution < 1.29 is 19.1 Å². The van der Waals surface area contributed by atoms with E-state index in [9.17, 15) is 9.59 Å². The number of aromatic nitrogens is 6. The Hall–Kier alpha value is -3.40. The van der Waals surface area contributed by atoms with E-state index in [1.54, 1.807) is 24.3 Å². The third-order valence-electron chi connectivity index (χ3n) is 3.28. The highest BCUT2D eigenvalue weighted by Gasteiger charge is 2.23. The molecule has 0 N–H and O–H groups in total. The standard InChI is InChI=1S/C15H11ClN6O4/c1-25-14(23)11-7-10(12(18-17-11)15(24)26-2)13-19-21-22(20-13)9-5-3-8(16)4-6-9/h3-7H,1-2H3. The average Bonchev–Trinajstić information content (AvgIpc) is 3.16. The molecule has 0 bridgehead atoms. The predicted molar refractivity (Wildman–Crippen MR) is 87.9 cm³/mol. The Labute approximate surface area is 151 Å². The summed E-state index contributed by atoms with van der Waals surface area (Å²) in [6.07, 6.45) is 0. The molecule has 0 aliphatic heterocycles. The summed E-state index contributed by atoms with van der Waals surface area (Å²) in [5.74, 6) is -1.42. The number of rotatable bonds is 4. The summed E-state index contributed by atoms with van der Waals surface area (Å²) in [5, 5.41) is 20.0. The molecule has 2 aromatic heterocycles. The van der Waals surface area contributed by atoms with Crippen molar-refractivity contribution >= 4 is 23.5 Å². The normalized spacial score (nSPS) is 10.4. The van der Waals surface area contributed by atoms with Gasteiger partial charge in [0.2, 0.25) is 5.82 Å². The van der Waals surface area contributed by atoms with Gasteiger partial charge in [0.05, 0.1) is 25.5 Å². The van der Waals surface area contributed by atoms with Gasteiger partial charge in [0, 0.05) is 5.02 Å². The number of halogens is 1. The van der Waals surface area contributed by atoms with E-state index >= 15 is 0 Å². The quantitative estimate of drug-likeness (QED) is 0.622. The zero-order chi connectivity index (χ0) is 18.7. The average molecular weight is 375 g/mol. The van der Waals surface area contributed by atoms with Crippen molar-refractivity contribution in [3.8, 4) is 17.1 Å². The lowest BCUT2D eigenvalue weighted by molar-refractivity contribution is 0.0574. The Morgan fingerprint density at radius 2 is 1.69 bits per heavy atom. The SMILES string of the molecule is COC(=O)c1cc(-c2nnn(-c3ccc(Cl)cc3)n2)c(C(=O)OC)nn1. The van der Waals surface area contributed by atoms with Crippen LogP contribution >= 0.6 is 11.6 Å². The third kappa shape index (κ3) is 3.35. The number of hydrogen-bond acceptors (Lipinski definition) is 9. The molecule has 0 aliphatic rings. The highest BCUT2D eigenvalue weighted by atomic mass is 35.5. The van der Waals surface area contributed by atoms with E-state index in [-0.39, 0.29) is 22.8 Å². The fourth-order valence-corrected chi connectivity index (χ4v) is 2.15. The number of carbonyl (C=O) groups excluding carboxylic acids is 2. The molecular formula is C15H11ClN6O4. The first-order chi connectivity index (χ1) is 12.5. The molecule has 0 fully saturated rings. The van der Waals surface area contributed by atoms with Crippen molar-refractivity contribution in [3.05, 3.63) is 46.7 Å². The fourth-order valence-electron chi connectivity index (χ4n) is 2.02. The van der Waals surface area contributed by atoms with E-state index in [4.69, 9.17) is 11.6 Å². The van der Waals surface area contributed by atoms with Gasteiger partial charge in [-0.15, -0.1) is 25.2 Å². The summed E-state index contributed by atoms with van der Waals surface area (Å²) in [6.45, 7) is 0. The van der Waals surface area contributed by atoms with E-state index in [0.29, 0.717) is 10.7 Å². The lowest BCUT2D eigenvalue weighted by Crippen LogP contribution is -2.13. The van der Waals surface area contributed by atoms with Crippen molar-refractivity contribution in [3.63, 3.8) is 0 Å². The summed E-state index contributed by atoms with van der Waals surface area (Å²) in [4.78, 5) is 24.9. The molecule has 11 heteroatoms. The van der Waals surface area contributed by atoms with E-state index in [2.05, 4.69) is 35.1 Å². The summed E-state index contributed by atoms with van der Waals surface area (Å²) < 4.78 is 9.28. The van der Waals surface area contributed by atoms with Crippen LogP contribution in [0.15, 0.2) is 30.3 Å². The minimum absolute atomic E-state index is 0.0559. The molecule has 0 saturated heterocycles. The summed E-state index contributed by atoms with van der Waals surface area (Å²) in [7, 11) is 2.40. The van der Waals surface area contributed by atoms with Crippen LogP contribution in [0.1, 0.15) is 21.0 Å². The highest BCUT2D eigenvalue weighted by molar-refractivity contribution is 6.30. The van der Waals surface area contributed by atoms with Crippen LogP contribution in [-0.2, 0) is 9.47 Å². The van der Waals surface area contributed by atoms with Crippen LogP contribution in [0.2, 0.25) is 5.02 Å². The van der Waals surface area contributed by atoms with Gasteiger partial charge in [-0.1, -0.05) is 11.6 Å². The summed E-state index contributed by atoms with van der Waals surface area (Å²) in [5.41, 5.74) is 0.462. The Bertz CT molecular complexity index is 973. The second-order valence-corrected chi connectivity index (χ2v) is 5.29. The maximum Gasteiger partial charge on any atom is 0.359 e. The number of hydrogen-bond donors (Lipinski definition) is 0.